The van der Waals surface area contributed by atoms with Gasteiger partial charge in [-0.2, -0.15) is 5.10 Å². The Morgan fingerprint density at radius 2 is 2.06 bits per heavy atom. The Labute approximate surface area is 182 Å². The second-order valence-corrected chi connectivity index (χ2v) is 9.16. The molecule has 0 bridgehead atoms. The average Bonchev–Trinajstić information content (AvgIpc) is 3.45. The molecular weight excluding hydrogens is 413 g/mol. The summed E-state index contributed by atoms with van der Waals surface area (Å²) in [6, 6.07) is 5.32. The molecule has 2 atom stereocenters. The molecule has 0 fully saturated rings. The summed E-state index contributed by atoms with van der Waals surface area (Å²) < 4.78 is 15.9. The second-order valence-electron chi connectivity index (χ2n) is 8.08. The van der Waals surface area contributed by atoms with Crippen LogP contribution >= 0.6 is 11.3 Å². The molecule has 0 amide bonds. The largest absolute Gasteiger partial charge is 0.294 e. The van der Waals surface area contributed by atoms with E-state index in [1.54, 1.807) is 29.8 Å². The normalized spacial score (nSPS) is 18.8. The van der Waals surface area contributed by atoms with Gasteiger partial charge in [0.05, 0.1) is 12.2 Å². The Morgan fingerprint density at radius 3 is 2.94 bits per heavy atom. The van der Waals surface area contributed by atoms with Gasteiger partial charge in [-0.05, 0) is 24.6 Å². The second kappa shape index (κ2) is 7.28. The topological polar surface area (TPSA) is 72.6 Å². The third-order valence-electron chi connectivity index (χ3n) is 6.37. The molecule has 3 aromatic heterocycles. The zero-order valence-electron chi connectivity index (χ0n) is 16.9. The van der Waals surface area contributed by atoms with Crippen LogP contribution in [0.2, 0.25) is 0 Å². The van der Waals surface area contributed by atoms with Crippen LogP contribution in [0.3, 0.4) is 0 Å². The van der Waals surface area contributed by atoms with Crippen molar-refractivity contribution in [3.05, 3.63) is 65.2 Å². The first-order chi connectivity index (χ1) is 15.2. The first-order valence-electron chi connectivity index (χ1n) is 10.3. The minimum absolute atomic E-state index is 0.210. The Kier molecular flexibility index (Phi) is 4.39. The van der Waals surface area contributed by atoms with E-state index in [0.717, 1.165) is 53.6 Å². The lowest BCUT2D eigenvalue weighted by Gasteiger charge is -2.39. The van der Waals surface area contributed by atoms with Crippen LogP contribution in [-0.4, -0.2) is 47.2 Å². The molecule has 156 valence electrons. The van der Waals surface area contributed by atoms with Crippen LogP contribution in [0.15, 0.2) is 43.2 Å². The molecule has 0 radical (unpaired) electrons. The molecule has 2 aliphatic heterocycles. The Hall–Kier alpha value is -3.04. The molecule has 5 heterocycles. The Bertz CT molecular complexity index is 1250. The molecule has 4 aromatic rings. The van der Waals surface area contributed by atoms with Crippen LogP contribution in [0.5, 0.6) is 0 Å². The number of nitrogens with zero attached hydrogens (tertiary/aromatic N) is 7. The number of benzene rings is 1. The molecule has 1 aromatic carbocycles. The van der Waals surface area contributed by atoms with Crippen LogP contribution in [0, 0.1) is 5.82 Å². The van der Waals surface area contributed by atoms with E-state index in [-0.39, 0.29) is 17.8 Å². The van der Waals surface area contributed by atoms with E-state index in [1.165, 1.54) is 16.9 Å². The monoisotopic (exact) mass is 433 g/mol. The summed E-state index contributed by atoms with van der Waals surface area (Å²) in [5, 5.41) is 5.36. The molecule has 0 spiro atoms. The number of rotatable bonds is 3. The fraction of sp³-hybridized carbons (Fsp3) is 0.318. The maximum Gasteiger partial charge on any atom is 0.158 e. The number of halogens is 1. The molecule has 31 heavy (non-hydrogen) atoms. The standard InChI is InChI=1S/C22H20FN7S/c1-13(18-9-30-21(26-12-27-30)17-6-15(23)2-3-16(17)18)29-5-4-19-20(10-29)31-22(28-19)14-7-24-11-25-8-14/h2-3,6-8,11-13,18H,4-5,9-10H2,1H3. The van der Waals surface area contributed by atoms with Crippen LogP contribution < -0.4 is 0 Å². The quantitative estimate of drug-likeness (QED) is 0.492. The van der Waals surface area contributed by atoms with Crippen LogP contribution in [0.25, 0.3) is 22.0 Å². The Morgan fingerprint density at radius 1 is 1.19 bits per heavy atom. The highest BCUT2D eigenvalue weighted by molar-refractivity contribution is 7.15. The van der Waals surface area contributed by atoms with E-state index in [1.807, 2.05) is 23.1 Å². The SMILES string of the molecule is CC(C1Cn2ncnc2-c2cc(F)ccc21)N1CCc2nc(-c3cncnc3)sc2C1. The van der Waals surface area contributed by atoms with Gasteiger partial charge >= 0.3 is 0 Å². The maximum absolute atomic E-state index is 14.0. The molecule has 0 aliphatic carbocycles. The summed E-state index contributed by atoms with van der Waals surface area (Å²) in [4.78, 5) is 21.2. The minimum atomic E-state index is -0.244. The zero-order valence-corrected chi connectivity index (χ0v) is 17.8. The highest BCUT2D eigenvalue weighted by Crippen LogP contribution is 2.40. The summed E-state index contributed by atoms with van der Waals surface area (Å²) in [5.74, 6) is 0.712. The lowest BCUT2D eigenvalue weighted by molar-refractivity contribution is 0.157. The van der Waals surface area contributed by atoms with Gasteiger partial charge in [-0.3, -0.25) is 4.90 Å². The van der Waals surface area contributed by atoms with Gasteiger partial charge in [-0.1, -0.05) is 6.07 Å². The smallest absolute Gasteiger partial charge is 0.158 e. The van der Waals surface area contributed by atoms with Gasteiger partial charge in [0, 0.05) is 59.9 Å². The van der Waals surface area contributed by atoms with Gasteiger partial charge in [0.15, 0.2) is 5.82 Å². The number of thiazole rings is 1. The van der Waals surface area contributed by atoms with Crippen LogP contribution in [-0.2, 0) is 19.5 Å². The van der Waals surface area contributed by atoms with Gasteiger partial charge in [0.1, 0.15) is 23.5 Å². The predicted molar refractivity (Wildman–Crippen MR) is 115 cm³/mol. The van der Waals surface area contributed by atoms with E-state index >= 15 is 0 Å². The average molecular weight is 434 g/mol. The van der Waals surface area contributed by atoms with Crippen molar-refractivity contribution in [1.29, 1.82) is 0 Å². The molecule has 6 rings (SSSR count). The Balaban J connectivity index is 1.29. The van der Waals surface area contributed by atoms with Crippen molar-refractivity contribution in [1.82, 2.24) is 34.6 Å². The van der Waals surface area contributed by atoms with Crippen molar-refractivity contribution < 1.29 is 4.39 Å². The van der Waals surface area contributed by atoms with Crippen LogP contribution in [0.1, 0.15) is 29.0 Å². The van der Waals surface area contributed by atoms with E-state index in [2.05, 4.69) is 31.9 Å². The van der Waals surface area contributed by atoms with Crippen LogP contribution in [0.4, 0.5) is 4.39 Å². The lowest BCUT2D eigenvalue weighted by atomic mass is 9.85. The van der Waals surface area contributed by atoms with Gasteiger partial charge in [0.25, 0.3) is 0 Å². The molecule has 0 saturated heterocycles. The highest BCUT2D eigenvalue weighted by atomic mass is 32.1. The van der Waals surface area contributed by atoms with Gasteiger partial charge in [0.2, 0.25) is 0 Å². The van der Waals surface area contributed by atoms with E-state index in [9.17, 15) is 4.39 Å². The molecule has 7 nitrogen and oxygen atoms in total. The molecule has 0 saturated carbocycles. The first-order valence-corrected chi connectivity index (χ1v) is 11.1. The summed E-state index contributed by atoms with van der Waals surface area (Å²) >= 11 is 1.72. The first kappa shape index (κ1) is 18.7. The molecular formula is C22H20FN7S. The van der Waals surface area contributed by atoms with Crippen molar-refractivity contribution in [2.75, 3.05) is 6.54 Å². The zero-order chi connectivity index (χ0) is 20.9. The maximum atomic E-state index is 14.0. The van der Waals surface area contributed by atoms with Crippen molar-refractivity contribution in [2.45, 2.75) is 38.4 Å². The van der Waals surface area contributed by atoms with E-state index < -0.39 is 0 Å². The molecule has 0 N–H and O–H groups in total. The third-order valence-corrected chi connectivity index (χ3v) is 7.50. The van der Waals surface area contributed by atoms with Gasteiger partial charge in [-0.15, -0.1) is 11.3 Å². The number of hydrogen-bond acceptors (Lipinski definition) is 7. The number of hydrogen-bond donors (Lipinski definition) is 0. The fourth-order valence-corrected chi connectivity index (χ4v) is 5.81. The van der Waals surface area contributed by atoms with E-state index in [0.29, 0.717) is 0 Å². The predicted octanol–water partition coefficient (Wildman–Crippen LogP) is 3.54. The van der Waals surface area contributed by atoms with Crippen molar-refractivity contribution in [3.8, 4) is 22.0 Å². The van der Waals surface area contributed by atoms with Gasteiger partial charge < -0.3 is 0 Å². The van der Waals surface area contributed by atoms with Gasteiger partial charge in [-0.25, -0.2) is 29.0 Å². The summed E-state index contributed by atoms with van der Waals surface area (Å²) in [7, 11) is 0. The lowest BCUT2D eigenvalue weighted by Crippen LogP contribution is -2.42. The summed E-state index contributed by atoms with van der Waals surface area (Å²) in [6.45, 7) is 4.81. The van der Waals surface area contributed by atoms with Crippen molar-refractivity contribution >= 4 is 11.3 Å². The molecule has 2 aliphatic rings. The highest BCUT2D eigenvalue weighted by Gasteiger charge is 2.35. The molecule has 2 unspecified atom stereocenters. The molecule has 9 heteroatoms. The number of fused-ring (bicyclic) bond motifs is 4. The van der Waals surface area contributed by atoms with Crippen molar-refractivity contribution in [2.24, 2.45) is 0 Å². The van der Waals surface area contributed by atoms with E-state index in [4.69, 9.17) is 4.98 Å². The minimum Gasteiger partial charge on any atom is -0.294 e. The summed E-state index contributed by atoms with van der Waals surface area (Å²) in [5.41, 5.74) is 4.13. The number of aromatic nitrogens is 6. The fourth-order valence-electron chi connectivity index (χ4n) is 4.70. The summed E-state index contributed by atoms with van der Waals surface area (Å²) in [6.07, 6.45) is 7.63. The van der Waals surface area contributed by atoms with Crippen molar-refractivity contribution in [3.63, 3.8) is 0 Å². The third kappa shape index (κ3) is 3.16.